The highest BCUT2D eigenvalue weighted by atomic mass is 16.5. The first-order valence-corrected chi connectivity index (χ1v) is 11.8. The lowest BCUT2D eigenvalue weighted by atomic mass is 9.98. The number of carbonyl (C=O) groups excluding carboxylic acids is 1. The number of amides is 1. The van der Waals surface area contributed by atoms with Crippen LogP contribution < -0.4 is 14.4 Å². The average molecular weight is 466 g/mol. The normalized spacial score (nSPS) is 10.6. The third-order valence-electron chi connectivity index (χ3n) is 6.21. The molecule has 178 valence electrons. The molecule has 0 bridgehead atoms. The van der Waals surface area contributed by atoms with E-state index in [0.29, 0.717) is 23.6 Å². The minimum absolute atomic E-state index is 0.0848. The van der Waals surface area contributed by atoms with Crippen molar-refractivity contribution < 1.29 is 14.3 Å². The fraction of sp³-hybridized carbons (Fsp3) is 0.194. The Morgan fingerprint density at radius 2 is 1.40 bits per heavy atom. The molecule has 0 saturated carbocycles. The van der Waals surface area contributed by atoms with Crippen molar-refractivity contribution in [3.05, 3.63) is 113 Å². The molecule has 0 saturated heterocycles. The molecule has 35 heavy (non-hydrogen) atoms. The summed E-state index contributed by atoms with van der Waals surface area (Å²) in [5, 5.41) is 0. The second-order valence-electron chi connectivity index (χ2n) is 8.47. The maximum atomic E-state index is 14.2. The van der Waals surface area contributed by atoms with Crippen molar-refractivity contribution in [2.75, 3.05) is 19.1 Å². The van der Waals surface area contributed by atoms with Gasteiger partial charge in [0, 0.05) is 11.3 Å². The van der Waals surface area contributed by atoms with Crippen LogP contribution in [-0.4, -0.2) is 20.1 Å². The van der Waals surface area contributed by atoms with E-state index < -0.39 is 0 Å². The first-order valence-electron chi connectivity index (χ1n) is 11.8. The van der Waals surface area contributed by atoms with Crippen LogP contribution in [0.1, 0.15) is 34.0 Å². The Morgan fingerprint density at radius 1 is 0.800 bits per heavy atom. The summed E-state index contributed by atoms with van der Waals surface area (Å²) in [6, 6.07) is 29.9. The van der Waals surface area contributed by atoms with Crippen LogP contribution in [0.25, 0.3) is 11.1 Å². The smallest absolute Gasteiger partial charge is 0.259 e. The maximum absolute atomic E-state index is 14.2. The number of nitrogens with zero attached hydrogens (tertiary/aromatic N) is 1. The number of benzene rings is 4. The molecule has 4 nitrogen and oxygen atoms in total. The third-order valence-corrected chi connectivity index (χ3v) is 6.21. The molecule has 0 heterocycles. The SMILES string of the molecule is CCc1ccc(N(Cc2c(OC)cc(C)cc2OC)C(=O)c2ccccc2-c2ccccc2)cc1. The van der Waals surface area contributed by atoms with Gasteiger partial charge in [-0.15, -0.1) is 0 Å². The molecule has 4 aromatic rings. The summed E-state index contributed by atoms with van der Waals surface area (Å²) < 4.78 is 11.4. The topological polar surface area (TPSA) is 38.8 Å². The van der Waals surface area contributed by atoms with E-state index in [0.717, 1.165) is 34.4 Å². The van der Waals surface area contributed by atoms with E-state index in [1.54, 1.807) is 19.1 Å². The van der Waals surface area contributed by atoms with Crippen LogP contribution in [0, 0.1) is 6.92 Å². The first-order chi connectivity index (χ1) is 17.0. The monoisotopic (exact) mass is 465 g/mol. The van der Waals surface area contributed by atoms with Gasteiger partial charge in [0.1, 0.15) is 11.5 Å². The molecule has 0 aliphatic carbocycles. The molecule has 0 aliphatic rings. The molecule has 0 aromatic heterocycles. The van der Waals surface area contributed by atoms with E-state index >= 15 is 0 Å². The summed E-state index contributed by atoms with van der Waals surface area (Å²) in [4.78, 5) is 16.0. The minimum Gasteiger partial charge on any atom is -0.496 e. The summed E-state index contributed by atoms with van der Waals surface area (Å²) in [5.74, 6) is 1.31. The highest BCUT2D eigenvalue weighted by molar-refractivity contribution is 6.10. The van der Waals surface area contributed by atoms with Crippen LogP contribution in [-0.2, 0) is 13.0 Å². The van der Waals surface area contributed by atoms with Crippen LogP contribution in [0.3, 0.4) is 0 Å². The molecule has 4 heteroatoms. The Balaban J connectivity index is 1.84. The van der Waals surface area contributed by atoms with E-state index in [1.807, 2.05) is 85.8 Å². The highest BCUT2D eigenvalue weighted by Gasteiger charge is 2.24. The van der Waals surface area contributed by atoms with Crippen molar-refractivity contribution in [2.45, 2.75) is 26.8 Å². The zero-order valence-electron chi connectivity index (χ0n) is 20.7. The second kappa shape index (κ2) is 10.9. The van der Waals surface area contributed by atoms with Crippen molar-refractivity contribution >= 4 is 11.6 Å². The predicted molar refractivity (Wildman–Crippen MR) is 142 cm³/mol. The summed E-state index contributed by atoms with van der Waals surface area (Å²) >= 11 is 0. The Labute approximate surface area is 207 Å². The van der Waals surface area contributed by atoms with Gasteiger partial charge in [-0.3, -0.25) is 4.79 Å². The minimum atomic E-state index is -0.0848. The zero-order valence-corrected chi connectivity index (χ0v) is 20.7. The predicted octanol–water partition coefficient (Wildman–Crippen LogP) is 7.09. The number of hydrogen-bond acceptors (Lipinski definition) is 3. The Morgan fingerprint density at radius 3 is 2.00 bits per heavy atom. The van der Waals surface area contributed by atoms with Gasteiger partial charge in [0.15, 0.2) is 0 Å². The van der Waals surface area contributed by atoms with Gasteiger partial charge in [0.05, 0.1) is 26.3 Å². The van der Waals surface area contributed by atoms with Gasteiger partial charge in [0.2, 0.25) is 0 Å². The molecule has 1 amide bonds. The molecule has 0 unspecified atom stereocenters. The Hall–Kier alpha value is -4.05. The quantitative estimate of drug-likeness (QED) is 0.279. The summed E-state index contributed by atoms with van der Waals surface area (Å²) in [6.07, 6.45) is 0.935. The number of hydrogen-bond donors (Lipinski definition) is 0. The fourth-order valence-corrected chi connectivity index (χ4v) is 4.31. The highest BCUT2D eigenvalue weighted by Crippen LogP contribution is 2.34. The van der Waals surface area contributed by atoms with Gasteiger partial charge < -0.3 is 14.4 Å². The van der Waals surface area contributed by atoms with Crippen molar-refractivity contribution in [3.63, 3.8) is 0 Å². The van der Waals surface area contributed by atoms with E-state index in [4.69, 9.17) is 9.47 Å². The van der Waals surface area contributed by atoms with Gasteiger partial charge in [-0.1, -0.05) is 67.6 Å². The molecule has 0 radical (unpaired) electrons. The van der Waals surface area contributed by atoms with Gasteiger partial charge in [-0.05, 0) is 65.9 Å². The van der Waals surface area contributed by atoms with Gasteiger partial charge in [0.25, 0.3) is 5.91 Å². The van der Waals surface area contributed by atoms with Crippen LogP contribution in [0.5, 0.6) is 11.5 Å². The van der Waals surface area contributed by atoms with E-state index in [2.05, 4.69) is 19.1 Å². The standard InChI is InChI=1S/C31H31NO3/c1-5-23-15-17-25(18-16-23)32(21-28-29(34-3)19-22(2)20-30(28)35-4)31(33)27-14-10-9-13-26(27)24-11-7-6-8-12-24/h6-20H,5,21H2,1-4H3. The molecule has 0 spiro atoms. The second-order valence-corrected chi connectivity index (χ2v) is 8.47. The number of ether oxygens (including phenoxy) is 2. The van der Waals surface area contributed by atoms with Crippen LogP contribution >= 0.6 is 0 Å². The van der Waals surface area contributed by atoms with E-state index in [-0.39, 0.29) is 5.91 Å². The summed E-state index contributed by atoms with van der Waals surface area (Å²) in [6.45, 7) is 4.42. The molecular formula is C31H31NO3. The summed E-state index contributed by atoms with van der Waals surface area (Å²) in [7, 11) is 3.29. The molecule has 4 aromatic carbocycles. The van der Waals surface area contributed by atoms with E-state index in [1.165, 1.54) is 5.56 Å². The van der Waals surface area contributed by atoms with Crippen LogP contribution in [0.4, 0.5) is 5.69 Å². The van der Waals surface area contributed by atoms with Crippen molar-refractivity contribution in [1.82, 2.24) is 0 Å². The Bertz CT molecular complexity index is 1270. The van der Waals surface area contributed by atoms with Gasteiger partial charge in [-0.2, -0.15) is 0 Å². The molecule has 0 atom stereocenters. The zero-order chi connectivity index (χ0) is 24.8. The van der Waals surface area contributed by atoms with Crippen LogP contribution in [0.2, 0.25) is 0 Å². The number of rotatable bonds is 8. The van der Waals surface area contributed by atoms with Crippen molar-refractivity contribution in [1.29, 1.82) is 0 Å². The maximum Gasteiger partial charge on any atom is 0.259 e. The Kier molecular flexibility index (Phi) is 7.51. The molecule has 0 N–H and O–H groups in total. The molecule has 4 rings (SSSR count). The number of anilines is 1. The van der Waals surface area contributed by atoms with Crippen LogP contribution in [0.15, 0.2) is 91.0 Å². The number of aryl methyl sites for hydroxylation is 2. The lowest BCUT2D eigenvalue weighted by Crippen LogP contribution is -2.31. The van der Waals surface area contributed by atoms with Gasteiger partial charge >= 0.3 is 0 Å². The molecular weight excluding hydrogens is 434 g/mol. The lowest BCUT2D eigenvalue weighted by molar-refractivity contribution is 0.0985. The lowest BCUT2D eigenvalue weighted by Gasteiger charge is -2.26. The third kappa shape index (κ3) is 5.22. The van der Waals surface area contributed by atoms with E-state index in [9.17, 15) is 4.79 Å². The molecule has 0 aliphatic heterocycles. The van der Waals surface area contributed by atoms with Gasteiger partial charge in [-0.25, -0.2) is 0 Å². The number of methoxy groups -OCH3 is 2. The summed E-state index contributed by atoms with van der Waals surface area (Å²) in [5.41, 5.74) is 6.44. The first kappa shape index (κ1) is 24.1. The van der Waals surface area contributed by atoms with Crippen molar-refractivity contribution in [3.8, 4) is 22.6 Å². The molecule has 0 fully saturated rings. The number of carbonyl (C=O) groups is 1. The van der Waals surface area contributed by atoms with Crippen molar-refractivity contribution in [2.24, 2.45) is 0 Å². The average Bonchev–Trinajstić information content (AvgIpc) is 2.92. The fourth-order valence-electron chi connectivity index (χ4n) is 4.31. The largest absolute Gasteiger partial charge is 0.496 e.